The van der Waals surface area contributed by atoms with Gasteiger partial charge in [-0.1, -0.05) is 29.8 Å². The maximum atomic E-state index is 9.80. The topological polar surface area (TPSA) is 36.4 Å². The van der Waals surface area contributed by atoms with Crippen LogP contribution >= 0.6 is 0 Å². The van der Waals surface area contributed by atoms with Gasteiger partial charge in [-0.3, -0.25) is 9.88 Å². The van der Waals surface area contributed by atoms with E-state index in [9.17, 15) is 5.11 Å². The van der Waals surface area contributed by atoms with E-state index in [1.165, 1.54) is 17.5 Å². The van der Waals surface area contributed by atoms with Gasteiger partial charge in [0.2, 0.25) is 0 Å². The van der Waals surface area contributed by atoms with Crippen LogP contribution in [0.4, 0.5) is 0 Å². The number of rotatable bonds is 3. The van der Waals surface area contributed by atoms with Crippen molar-refractivity contribution in [2.75, 3.05) is 13.1 Å². The van der Waals surface area contributed by atoms with Crippen molar-refractivity contribution in [2.24, 2.45) is 0 Å². The predicted molar refractivity (Wildman–Crippen MR) is 79.7 cm³/mol. The molecule has 1 aromatic heterocycles. The van der Waals surface area contributed by atoms with Gasteiger partial charge in [0.1, 0.15) is 5.75 Å². The molecular weight excluding hydrogens is 248 g/mol. The van der Waals surface area contributed by atoms with Gasteiger partial charge in [0.15, 0.2) is 0 Å². The van der Waals surface area contributed by atoms with Crippen molar-refractivity contribution in [3.05, 3.63) is 59.4 Å². The Morgan fingerprint density at radius 2 is 2.05 bits per heavy atom. The molecule has 2 aromatic rings. The molecule has 3 nitrogen and oxygen atoms in total. The van der Waals surface area contributed by atoms with Gasteiger partial charge in [-0.2, -0.15) is 0 Å². The molecule has 1 saturated heterocycles. The minimum Gasteiger partial charge on any atom is -0.506 e. The maximum absolute atomic E-state index is 9.80. The number of aromatic hydroxyl groups is 1. The van der Waals surface area contributed by atoms with Crippen LogP contribution in [0, 0.1) is 6.92 Å². The van der Waals surface area contributed by atoms with E-state index in [2.05, 4.69) is 41.1 Å². The highest BCUT2D eigenvalue weighted by atomic mass is 16.3. The summed E-state index contributed by atoms with van der Waals surface area (Å²) in [5.74, 6) is 0.896. The molecule has 0 amide bonds. The summed E-state index contributed by atoms with van der Waals surface area (Å²) in [6.45, 7) is 4.96. The fraction of sp³-hybridized carbons (Fsp3) is 0.353. The number of hydrogen-bond acceptors (Lipinski definition) is 3. The largest absolute Gasteiger partial charge is 0.506 e. The fourth-order valence-electron chi connectivity index (χ4n) is 2.85. The summed E-state index contributed by atoms with van der Waals surface area (Å²) >= 11 is 0. The van der Waals surface area contributed by atoms with Crippen LogP contribution in [0.5, 0.6) is 5.75 Å². The van der Waals surface area contributed by atoms with Crippen LogP contribution in [0.1, 0.15) is 29.2 Å². The smallest absolute Gasteiger partial charge is 0.138 e. The first-order valence-corrected chi connectivity index (χ1v) is 7.14. The molecule has 0 bridgehead atoms. The molecule has 3 rings (SSSR count). The van der Waals surface area contributed by atoms with Gasteiger partial charge in [-0.25, -0.2) is 0 Å². The Morgan fingerprint density at radius 1 is 1.25 bits per heavy atom. The van der Waals surface area contributed by atoms with Crippen LogP contribution in [0.3, 0.4) is 0 Å². The number of hydrogen-bond donors (Lipinski definition) is 1. The van der Waals surface area contributed by atoms with E-state index in [1.54, 1.807) is 18.3 Å². The Kier molecular flexibility index (Phi) is 3.70. The van der Waals surface area contributed by atoms with Crippen molar-refractivity contribution in [1.82, 2.24) is 9.88 Å². The number of likely N-dealkylation sites (tertiary alicyclic amines) is 1. The van der Waals surface area contributed by atoms with Gasteiger partial charge in [0.25, 0.3) is 0 Å². The van der Waals surface area contributed by atoms with Gasteiger partial charge in [0, 0.05) is 19.3 Å². The lowest BCUT2D eigenvalue weighted by molar-refractivity contribution is 0.315. The van der Waals surface area contributed by atoms with E-state index in [0.29, 0.717) is 11.7 Å². The zero-order chi connectivity index (χ0) is 13.9. The molecule has 0 spiro atoms. The molecule has 20 heavy (non-hydrogen) atoms. The van der Waals surface area contributed by atoms with Crippen LogP contribution in [0.2, 0.25) is 0 Å². The van der Waals surface area contributed by atoms with Gasteiger partial charge >= 0.3 is 0 Å². The number of aryl methyl sites for hydroxylation is 1. The summed E-state index contributed by atoms with van der Waals surface area (Å²) in [5, 5.41) is 9.80. The lowest BCUT2D eigenvalue weighted by Crippen LogP contribution is -2.20. The summed E-state index contributed by atoms with van der Waals surface area (Å²) in [6.07, 6.45) is 2.92. The zero-order valence-electron chi connectivity index (χ0n) is 11.8. The molecule has 1 fully saturated rings. The third kappa shape index (κ3) is 2.83. The van der Waals surface area contributed by atoms with Gasteiger partial charge in [-0.05, 0) is 43.5 Å². The minimum atomic E-state index is 0.297. The van der Waals surface area contributed by atoms with Crippen molar-refractivity contribution < 1.29 is 5.11 Å². The second-order valence-electron chi connectivity index (χ2n) is 5.60. The lowest BCUT2D eigenvalue weighted by Gasteiger charge is -2.16. The van der Waals surface area contributed by atoms with Crippen LogP contribution in [0.25, 0.3) is 0 Å². The molecule has 1 unspecified atom stereocenters. The van der Waals surface area contributed by atoms with E-state index >= 15 is 0 Å². The third-order valence-corrected chi connectivity index (χ3v) is 4.06. The molecule has 0 saturated carbocycles. The third-order valence-electron chi connectivity index (χ3n) is 4.06. The summed E-state index contributed by atoms with van der Waals surface area (Å²) in [6, 6.07) is 12.3. The molecule has 1 aliphatic rings. The average molecular weight is 268 g/mol. The molecule has 1 N–H and O–H groups in total. The highest BCUT2D eigenvalue weighted by molar-refractivity contribution is 5.27. The number of aromatic nitrogens is 1. The van der Waals surface area contributed by atoms with Crippen molar-refractivity contribution in [3.63, 3.8) is 0 Å². The Labute approximate surface area is 119 Å². The fourth-order valence-corrected chi connectivity index (χ4v) is 2.85. The first-order chi connectivity index (χ1) is 9.72. The molecule has 1 aromatic carbocycles. The van der Waals surface area contributed by atoms with Gasteiger partial charge < -0.3 is 5.11 Å². The van der Waals surface area contributed by atoms with Crippen LogP contribution in [-0.2, 0) is 6.54 Å². The number of benzene rings is 1. The van der Waals surface area contributed by atoms with E-state index in [-0.39, 0.29) is 0 Å². The molecule has 104 valence electrons. The van der Waals surface area contributed by atoms with Crippen LogP contribution < -0.4 is 0 Å². The quantitative estimate of drug-likeness (QED) is 0.929. The molecule has 3 heteroatoms. The monoisotopic (exact) mass is 268 g/mol. The Bertz CT molecular complexity index is 580. The van der Waals surface area contributed by atoms with E-state index in [0.717, 1.165) is 25.3 Å². The Morgan fingerprint density at radius 3 is 2.80 bits per heavy atom. The highest BCUT2D eigenvalue weighted by Gasteiger charge is 2.24. The first kappa shape index (κ1) is 13.1. The lowest BCUT2D eigenvalue weighted by atomic mass is 9.98. The molecule has 2 heterocycles. The molecular formula is C17H20N2O. The summed E-state index contributed by atoms with van der Waals surface area (Å²) in [7, 11) is 0. The van der Waals surface area contributed by atoms with Crippen molar-refractivity contribution >= 4 is 0 Å². The summed E-state index contributed by atoms with van der Waals surface area (Å²) in [4.78, 5) is 6.63. The summed E-state index contributed by atoms with van der Waals surface area (Å²) in [5.41, 5.74) is 3.50. The Hall–Kier alpha value is -1.87. The van der Waals surface area contributed by atoms with Gasteiger partial charge in [0.05, 0.1) is 5.69 Å². The average Bonchev–Trinajstić information content (AvgIpc) is 2.91. The minimum absolute atomic E-state index is 0.297. The second-order valence-corrected chi connectivity index (χ2v) is 5.60. The highest BCUT2D eigenvalue weighted by Crippen LogP contribution is 2.29. The second kappa shape index (κ2) is 5.63. The molecule has 1 atom stereocenters. The summed E-state index contributed by atoms with van der Waals surface area (Å²) < 4.78 is 0. The van der Waals surface area contributed by atoms with Gasteiger partial charge in [-0.15, -0.1) is 0 Å². The SMILES string of the molecule is Cc1ccc(C2CCN(Cc3ncccc3O)C2)cc1. The zero-order valence-corrected chi connectivity index (χ0v) is 11.8. The Balaban J connectivity index is 1.65. The number of nitrogens with zero attached hydrogens (tertiary/aromatic N) is 2. The van der Waals surface area contributed by atoms with Crippen LogP contribution in [0.15, 0.2) is 42.6 Å². The standard InChI is InChI=1S/C17H20N2O/c1-13-4-6-14(7-5-13)15-8-10-19(11-15)12-16-17(20)3-2-9-18-16/h2-7,9,15,20H,8,10-12H2,1H3. The van der Waals surface area contributed by atoms with E-state index in [1.807, 2.05) is 0 Å². The maximum Gasteiger partial charge on any atom is 0.138 e. The van der Waals surface area contributed by atoms with Crippen molar-refractivity contribution in [3.8, 4) is 5.75 Å². The molecule has 0 aliphatic carbocycles. The number of pyridine rings is 1. The normalized spacial score (nSPS) is 19.4. The molecule has 0 radical (unpaired) electrons. The van der Waals surface area contributed by atoms with E-state index < -0.39 is 0 Å². The van der Waals surface area contributed by atoms with Crippen molar-refractivity contribution in [1.29, 1.82) is 0 Å². The first-order valence-electron chi connectivity index (χ1n) is 7.14. The van der Waals surface area contributed by atoms with E-state index in [4.69, 9.17) is 0 Å². The molecule has 1 aliphatic heterocycles. The van der Waals surface area contributed by atoms with Crippen LogP contribution in [-0.4, -0.2) is 28.1 Å². The van der Waals surface area contributed by atoms with Crippen molar-refractivity contribution in [2.45, 2.75) is 25.8 Å². The predicted octanol–water partition coefficient (Wildman–Crippen LogP) is 3.09.